The van der Waals surface area contributed by atoms with Gasteiger partial charge in [0.1, 0.15) is 6.04 Å². The van der Waals surface area contributed by atoms with Crippen molar-refractivity contribution in [3.05, 3.63) is 29.8 Å². The van der Waals surface area contributed by atoms with E-state index in [1.165, 1.54) is 0 Å². The highest BCUT2D eigenvalue weighted by Crippen LogP contribution is 2.13. The van der Waals surface area contributed by atoms with Crippen LogP contribution in [0.25, 0.3) is 0 Å². The van der Waals surface area contributed by atoms with E-state index in [1.54, 1.807) is 21.6 Å². The lowest BCUT2D eigenvalue weighted by atomic mass is 10.2. The van der Waals surface area contributed by atoms with Gasteiger partial charge in [-0.2, -0.15) is 11.8 Å². The Labute approximate surface area is 261 Å². The number of rotatable bonds is 14. The highest BCUT2D eigenvalue weighted by molar-refractivity contribution is 7.98. The zero-order valence-corrected chi connectivity index (χ0v) is 26.1. The number of aliphatic hydroxyl groups excluding tert-OH is 1. The number of hydrogen-bond donors (Lipinski definition) is 7. The predicted octanol–water partition coefficient (Wildman–Crippen LogP) is -0.619. The molecule has 14 nitrogen and oxygen atoms in total. The van der Waals surface area contributed by atoms with E-state index < -0.39 is 30.2 Å². The molecule has 0 saturated carbocycles. The van der Waals surface area contributed by atoms with Gasteiger partial charge in [-0.1, -0.05) is 12.1 Å². The molecule has 1 aromatic carbocycles. The number of aliphatic carboxylic acids is 3. The Hall–Kier alpha value is -2.57. The van der Waals surface area contributed by atoms with Gasteiger partial charge in [-0.3, -0.25) is 29.2 Å². The number of thiocarbonyl (C=S) groups is 1. The van der Waals surface area contributed by atoms with Crippen LogP contribution in [0.4, 0.5) is 5.69 Å². The van der Waals surface area contributed by atoms with Crippen LogP contribution in [0.1, 0.15) is 12.0 Å². The normalized spacial score (nSPS) is 17.5. The fourth-order valence-corrected chi connectivity index (χ4v) is 5.35. The van der Waals surface area contributed by atoms with Gasteiger partial charge in [0.2, 0.25) is 0 Å². The summed E-state index contributed by atoms with van der Waals surface area (Å²) < 4.78 is 0. The van der Waals surface area contributed by atoms with Crippen LogP contribution in [0.5, 0.6) is 0 Å². The van der Waals surface area contributed by atoms with E-state index in [0.717, 1.165) is 5.56 Å². The van der Waals surface area contributed by atoms with Crippen LogP contribution in [0, 0.1) is 0 Å². The molecule has 1 saturated heterocycles. The topological polar surface area (TPSA) is 189 Å². The first-order chi connectivity index (χ1) is 20.4. The van der Waals surface area contributed by atoms with Crippen LogP contribution in [0.3, 0.4) is 0 Å². The third-order valence-electron chi connectivity index (χ3n) is 6.90. The van der Waals surface area contributed by atoms with E-state index >= 15 is 0 Å². The van der Waals surface area contributed by atoms with Crippen LogP contribution in [0.15, 0.2) is 24.3 Å². The Morgan fingerprint density at radius 1 is 0.837 bits per heavy atom. The SMILES string of the molecule is CSCCC(NC(=S)Nc1ccc(CN2CCN(CC(=O)O)CCN(CC(=O)O)CCN(CC(O)O)CC2)cc1)C(=O)O. The average molecular weight is 645 g/mol. The Bertz CT molecular complexity index is 1040. The van der Waals surface area contributed by atoms with Gasteiger partial charge in [-0.05, 0) is 48.3 Å². The summed E-state index contributed by atoms with van der Waals surface area (Å²) in [4.78, 5) is 41.9. The lowest BCUT2D eigenvalue weighted by Gasteiger charge is -2.33. The number of β-amino-alcohol motifs (C(OH)–C–C–N with tert-alkyl or cyclic N) is 2. The number of carbonyl (C=O) groups is 3. The third-order valence-corrected chi connectivity index (χ3v) is 7.76. The number of hydrogen-bond acceptors (Lipinski definition) is 11. The van der Waals surface area contributed by atoms with Gasteiger partial charge >= 0.3 is 17.9 Å². The van der Waals surface area contributed by atoms with Gasteiger partial charge in [-0.25, -0.2) is 4.79 Å². The van der Waals surface area contributed by atoms with Crippen molar-refractivity contribution >= 4 is 52.7 Å². The number of nitrogens with one attached hydrogen (secondary N) is 2. The number of benzene rings is 1. The molecule has 0 aromatic heterocycles. The van der Waals surface area contributed by atoms with E-state index in [4.69, 9.17) is 12.2 Å². The maximum absolute atomic E-state index is 11.5. The maximum Gasteiger partial charge on any atom is 0.326 e. The molecule has 1 fully saturated rings. The van der Waals surface area contributed by atoms with Crippen molar-refractivity contribution in [3.8, 4) is 0 Å². The minimum Gasteiger partial charge on any atom is -0.480 e. The number of carboxylic acids is 3. The molecule has 0 amide bonds. The molecule has 0 radical (unpaired) electrons. The van der Waals surface area contributed by atoms with Crippen LogP contribution in [-0.4, -0.2) is 164 Å². The molecule has 1 aliphatic heterocycles. The van der Waals surface area contributed by atoms with Crippen molar-refractivity contribution in [1.82, 2.24) is 24.9 Å². The zero-order valence-electron chi connectivity index (χ0n) is 24.4. The molecule has 43 heavy (non-hydrogen) atoms. The van der Waals surface area contributed by atoms with Crippen LogP contribution < -0.4 is 10.6 Å². The second kappa shape index (κ2) is 19.7. The molecule has 1 atom stereocenters. The molecule has 0 bridgehead atoms. The lowest BCUT2D eigenvalue weighted by molar-refractivity contribution is -0.140. The first kappa shape index (κ1) is 36.6. The molecule has 1 aromatic rings. The minimum absolute atomic E-state index is 0.0220. The van der Waals surface area contributed by atoms with Gasteiger partial charge in [0.15, 0.2) is 11.4 Å². The average Bonchev–Trinajstić information content (AvgIpc) is 2.92. The quantitative estimate of drug-likeness (QED) is 0.100. The Kier molecular flexibility index (Phi) is 16.7. The lowest BCUT2D eigenvalue weighted by Crippen LogP contribution is -2.48. The van der Waals surface area contributed by atoms with Gasteiger partial charge in [-0.15, -0.1) is 0 Å². The second-order valence-corrected chi connectivity index (χ2v) is 11.8. The van der Waals surface area contributed by atoms with Gasteiger partial charge in [0, 0.05) is 71.1 Å². The molecule has 16 heteroatoms. The first-order valence-corrected chi connectivity index (χ1v) is 15.8. The Balaban J connectivity index is 2.09. The highest BCUT2D eigenvalue weighted by Gasteiger charge is 2.21. The van der Waals surface area contributed by atoms with Crippen LogP contribution in [-0.2, 0) is 20.9 Å². The molecular weight excluding hydrogens is 600 g/mol. The van der Waals surface area contributed by atoms with Crippen molar-refractivity contribution in [2.45, 2.75) is 25.3 Å². The molecule has 1 heterocycles. The number of carboxylic acid groups (broad SMARTS) is 3. The smallest absolute Gasteiger partial charge is 0.326 e. The first-order valence-electron chi connectivity index (χ1n) is 14.0. The molecule has 2 rings (SSSR count). The van der Waals surface area contributed by atoms with Crippen LogP contribution >= 0.6 is 24.0 Å². The number of anilines is 1. The van der Waals surface area contributed by atoms with E-state index in [9.17, 15) is 39.9 Å². The van der Waals surface area contributed by atoms with Crippen molar-refractivity contribution in [3.63, 3.8) is 0 Å². The maximum atomic E-state index is 11.5. The number of thioether (sulfide) groups is 1. The molecule has 0 aliphatic carbocycles. The zero-order chi connectivity index (χ0) is 31.8. The summed E-state index contributed by atoms with van der Waals surface area (Å²) >= 11 is 6.87. The highest BCUT2D eigenvalue weighted by atomic mass is 32.2. The van der Waals surface area contributed by atoms with Gasteiger partial charge in [0.05, 0.1) is 13.1 Å². The summed E-state index contributed by atoms with van der Waals surface area (Å²) in [7, 11) is 0. The van der Waals surface area contributed by atoms with E-state index in [2.05, 4.69) is 15.5 Å². The Morgan fingerprint density at radius 2 is 1.33 bits per heavy atom. The molecule has 1 unspecified atom stereocenters. The van der Waals surface area contributed by atoms with Gasteiger partial charge < -0.3 is 36.2 Å². The monoisotopic (exact) mass is 644 g/mol. The summed E-state index contributed by atoms with van der Waals surface area (Å²) in [6.07, 6.45) is 0.818. The summed E-state index contributed by atoms with van der Waals surface area (Å²) in [5.41, 5.74) is 1.69. The summed E-state index contributed by atoms with van der Waals surface area (Å²) in [6, 6.07) is 6.77. The number of nitrogens with zero attached hydrogens (tertiary/aromatic N) is 4. The fraction of sp³-hybridized carbons (Fsp3) is 0.630. The van der Waals surface area contributed by atoms with Gasteiger partial charge in [0.25, 0.3) is 0 Å². The summed E-state index contributed by atoms with van der Waals surface area (Å²) in [5, 5.41) is 53.4. The second-order valence-electron chi connectivity index (χ2n) is 10.4. The van der Waals surface area contributed by atoms with E-state index in [1.807, 2.05) is 35.4 Å². The summed E-state index contributed by atoms with van der Waals surface area (Å²) in [5.74, 6) is -2.22. The third kappa shape index (κ3) is 15.6. The summed E-state index contributed by atoms with van der Waals surface area (Å²) in [6.45, 7) is 3.84. The molecule has 7 N–H and O–H groups in total. The molecule has 0 spiro atoms. The fourth-order valence-electron chi connectivity index (χ4n) is 4.62. The standard InChI is InChI=1S/C27H44N6O8S2/c1-43-15-6-22(26(40)41)29-27(42)28-21-4-2-20(3-5-21)16-30-7-9-31(17-23(34)35)11-13-33(19-25(38)39)14-12-32(10-8-30)18-24(36)37/h2-5,22-23,34-35H,6-19H2,1H3,(H,36,37)(H,38,39)(H,40,41)(H2,28,29,42). The van der Waals surface area contributed by atoms with Crippen molar-refractivity contribution in [2.24, 2.45) is 0 Å². The van der Waals surface area contributed by atoms with Crippen molar-refractivity contribution < 1.29 is 39.9 Å². The van der Waals surface area contributed by atoms with E-state index in [-0.39, 0.29) is 24.7 Å². The van der Waals surface area contributed by atoms with Crippen molar-refractivity contribution in [2.75, 3.05) is 89.3 Å². The Morgan fingerprint density at radius 3 is 1.77 bits per heavy atom. The van der Waals surface area contributed by atoms with E-state index in [0.29, 0.717) is 76.8 Å². The molecule has 1 aliphatic rings. The van der Waals surface area contributed by atoms with Crippen molar-refractivity contribution in [1.29, 1.82) is 0 Å². The largest absolute Gasteiger partial charge is 0.480 e. The van der Waals surface area contributed by atoms with Crippen LogP contribution in [0.2, 0.25) is 0 Å². The predicted molar refractivity (Wildman–Crippen MR) is 168 cm³/mol. The number of aliphatic hydroxyl groups is 2. The minimum atomic E-state index is -1.53. The molecular formula is C27H44N6O8S2. The molecule has 242 valence electrons.